The highest BCUT2D eigenvalue weighted by atomic mass is 79.9. The zero-order valence-corrected chi connectivity index (χ0v) is 15.1. The van der Waals surface area contributed by atoms with E-state index >= 15 is 0 Å². The molecule has 3 aromatic rings. The molecule has 0 bridgehead atoms. The van der Waals surface area contributed by atoms with E-state index in [1.54, 1.807) is 28.8 Å². The molecule has 2 heterocycles. The Balaban J connectivity index is 2.18. The van der Waals surface area contributed by atoms with Crippen LogP contribution in [0.15, 0.2) is 45.9 Å². The highest BCUT2D eigenvalue weighted by molar-refractivity contribution is 9.10. The average Bonchev–Trinajstić information content (AvgIpc) is 3.06. The number of aromatic nitrogens is 1. The molecule has 2 aromatic carbocycles. The lowest BCUT2D eigenvalue weighted by Crippen LogP contribution is -2.23. The highest BCUT2D eigenvalue weighted by Gasteiger charge is 2.28. The number of aryl methyl sites for hydroxylation is 1. The Kier molecular flexibility index (Phi) is 3.66. The van der Waals surface area contributed by atoms with Gasteiger partial charge in [-0.25, -0.2) is 4.99 Å². The Labute approximate surface area is 155 Å². The Hall–Kier alpha value is -3.00. The van der Waals surface area contributed by atoms with Crippen molar-refractivity contribution in [1.82, 2.24) is 4.57 Å². The molecule has 7 nitrogen and oxygen atoms in total. The van der Waals surface area contributed by atoms with E-state index in [2.05, 4.69) is 20.9 Å². The van der Waals surface area contributed by atoms with E-state index in [9.17, 15) is 20.0 Å². The number of fused-ring (bicyclic) bond motifs is 2. The van der Waals surface area contributed by atoms with Gasteiger partial charge < -0.3 is 9.67 Å². The van der Waals surface area contributed by atoms with E-state index in [4.69, 9.17) is 0 Å². The first-order valence-corrected chi connectivity index (χ1v) is 8.64. The van der Waals surface area contributed by atoms with Crippen LogP contribution in [0.2, 0.25) is 0 Å². The Morgan fingerprint density at radius 3 is 2.73 bits per heavy atom. The van der Waals surface area contributed by atoms with E-state index in [0.717, 1.165) is 4.47 Å². The molecular weight excluding hydrogens is 402 g/mol. The maximum atomic E-state index is 12.6. The molecule has 4 rings (SSSR count). The third-order valence-corrected chi connectivity index (χ3v) is 4.95. The van der Waals surface area contributed by atoms with Crippen molar-refractivity contribution in [2.45, 2.75) is 13.5 Å². The fourth-order valence-electron chi connectivity index (χ4n) is 3.34. The average molecular weight is 414 g/mol. The van der Waals surface area contributed by atoms with Crippen molar-refractivity contribution in [3.63, 3.8) is 0 Å². The number of hydrogen-bond donors (Lipinski definition) is 1. The third-order valence-electron chi connectivity index (χ3n) is 4.46. The third kappa shape index (κ3) is 2.26. The minimum atomic E-state index is -0.500. The summed E-state index contributed by atoms with van der Waals surface area (Å²) in [5.41, 5.74) is 1.03. The van der Waals surface area contributed by atoms with Crippen LogP contribution in [0.5, 0.6) is 5.88 Å². The second-order valence-corrected chi connectivity index (χ2v) is 6.77. The van der Waals surface area contributed by atoms with Crippen molar-refractivity contribution >= 4 is 44.0 Å². The Morgan fingerprint density at radius 2 is 2.04 bits per heavy atom. The summed E-state index contributed by atoms with van der Waals surface area (Å²) in [5, 5.41) is 23.5. The van der Waals surface area contributed by atoms with Gasteiger partial charge in [-0.1, -0.05) is 15.9 Å². The molecule has 1 amide bonds. The van der Waals surface area contributed by atoms with E-state index in [-0.39, 0.29) is 22.7 Å². The van der Waals surface area contributed by atoms with Crippen molar-refractivity contribution in [3.8, 4) is 5.88 Å². The standard InChI is InChI=1S/C18H12BrN3O4/c1-2-21-14-6-4-10(22(25)26)8-12(14)16(18(21)24)15-11-7-9(19)3-5-13(11)20-17(15)23/h3-8,24H,2H2,1H3. The van der Waals surface area contributed by atoms with Gasteiger partial charge in [-0.05, 0) is 31.2 Å². The predicted octanol–water partition coefficient (Wildman–Crippen LogP) is 2.40. The van der Waals surface area contributed by atoms with Crippen molar-refractivity contribution in [2.75, 3.05) is 0 Å². The number of nitrogens with zero attached hydrogens (tertiary/aromatic N) is 3. The number of carbonyl (C=O) groups excluding carboxylic acids is 1. The van der Waals surface area contributed by atoms with Gasteiger partial charge in [0.05, 0.1) is 26.9 Å². The molecule has 130 valence electrons. The van der Waals surface area contributed by atoms with Crippen molar-refractivity contribution in [2.24, 2.45) is 4.99 Å². The van der Waals surface area contributed by atoms with Crippen LogP contribution in [0.1, 0.15) is 12.5 Å². The normalized spacial score (nSPS) is 13.2. The fraction of sp³-hybridized carbons (Fsp3) is 0.111. The number of amides is 1. The summed E-state index contributed by atoms with van der Waals surface area (Å²) < 4.78 is 2.38. The van der Waals surface area contributed by atoms with E-state index < -0.39 is 10.8 Å². The molecule has 0 aliphatic carbocycles. The van der Waals surface area contributed by atoms with Crippen LogP contribution in [0.3, 0.4) is 0 Å². The zero-order valence-electron chi connectivity index (χ0n) is 13.6. The summed E-state index contributed by atoms with van der Waals surface area (Å²) in [6, 6.07) is 9.59. The number of non-ortho nitro benzene ring substituents is 1. The van der Waals surface area contributed by atoms with Crippen LogP contribution in [-0.2, 0) is 11.3 Å². The van der Waals surface area contributed by atoms with Gasteiger partial charge >= 0.3 is 0 Å². The quantitative estimate of drug-likeness (QED) is 0.526. The Morgan fingerprint density at radius 1 is 1.27 bits per heavy atom. The second-order valence-electron chi connectivity index (χ2n) is 5.85. The van der Waals surface area contributed by atoms with Gasteiger partial charge in [0.1, 0.15) is 0 Å². The summed E-state index contributed by atoms with van der Waals surface area (Å²) in [7, 11) is 0. The smallest absolute Gasteiger partial charge is 0.279 e. The van der Waals surface area contributed by atoms with Gasteiger partial charge in [0.2, 0.25) is 0 Å². The minimum Gasteiger partial charge on any atom is -0.494 e. The van der Waals surface area contributed by atoms with Crippen molar-refractivity contribution in [3.05, 3.63) is 67.1 Å². The topological polar surface area (TPSA) is 97.7 Å². The monoisotopic (exact) mass is 413 g/mol. The molecule has 0 spiro atoms. The van der Waals surface area contributed by atoms with Crippen molar-refractivity contribution in [1.29, 1.82) is 0 Å². The van der Waals surface area contributed by atoms with Crippen LogP contribution < -0.4 is 10.6 Å². The molecule has 0 unspecified atom stereocenters. The molecule has 0 saturated carbocycles. The summed E-state index contributed by atoms with van der Waals surface area (Å²) in [6.07, 6.45) is 0. The van der Waals surface area contributed by atoms with E-state index in [1.807, 2.05) is 6.92 Å². The van der Waals surface area contributed by atoms with Gasteiger partial charge in [0.15, 0.2) is 5.88 Å². The molecule has 0 saturated heterocycles. The van der Waals surface area contributed by atoms with Crippen LogP contribution in [0, 0.1) is 10.1 Å². The van der Waals surface area contributed by atoms with Gasteiger partial charge in [-0.3, -0.25) is 14.9 Å². The molecule has 1 aliphatic rings. The number of benzene rings is 2. The fourth-order valence-corrected chi connectivity index (χ4v) is 3.70. The van der Waals surface area contributed by atoms with Gasteiger partial charge in [0.25, 0.3) is 11.6 Å². The molecule has 1 aliphatic heterocycles. The van der Waals surface area contributed by atoms with Gasteiger partial charge in [0, 0.05) is 33.8 Å². The highest BCUT2D eigenvalue weighted by Crippen LogP contribution is 2.38. The first-order chi connectivity index (χ1) is 12.4. The molecular formula is C18H12BrN3O4. The van der Waals surface area contributed by atoms with Crippen LogP contribution in [0.25, 0.3) is 16.5 Å². The second kappa shape index (κ2) is 5.77. The molecule has 0 fully saturated rings. The molecule has 0 atom stereocenters. The van der Waals surface area contributed by atoms with E-state index in [0.29, 0.717) is 28.0 Å². The lowest BCUT2D eigenvalue weighted by Gasteiger charge is -2.03. The number of aromatic hydroxyl groups is 1. The summed E-state index contributed by atoms with van der Waals surface area (Å²) in [6.45, 7) is 2.30. The minimum absolute atomic E-state index is 0.102. The molecule has 26 heavy (non-hydrogen) atoms. The molecule has 8 heteroatoms. The lowest BCUT2D eigenvalue weighted by molar-refractivity contribution is -0.384. The van der Waals surface area contributed by atoms with Gasteiger partial charge in [-0.2, -0.15) is 0 Å². The van der Waals surface area contributed by atoms with Crippen LogP contribution in [0.4, 0.5) is 5.69 Å². The Bertz CT molecular complexity index is 1240. The maximum Gasteiger partial charge on any atom is 0.279 e. The molecule has 0 radical (unpaired) electrons. The first kappa shape index (κ1) is 16.5. The van der Waals surface area contributed by atoms with Crippen LogP contribution >= 0.6 is 15.9 Å². The summed E-state index contributed by atoms with van der Waals surface area (Å²) >= 11 is 3.38. The number of halogens is 1. The predicted molar refractivity (Wildman–Crippen MR) is 98.4 cm³/mol. The van der Waals surface area contributed by atoms with E-state index in [1.165, 1.54) is 12.1 Å². The van der Waals surface area contributed by atoms with Crippen LogP contribution in [-0.4, -0.2) is 20.5 Å². The van der Waals surface area contributed by atoms with Crippen molar-refractivity contribution < 1.29 is 14.8 Å². The summed E-state index contributed by atoms with van der Waals surface area (Å²) in [5.74, 6) is -0.579. The number of carbonyl (C=O) groups is 1. The number of rotatable bonds is 3. The van der Waals surface area contributed by atoms with Gasteiger partial charge in [-0.15, -0.1) is 0 Å². The maximum absolute atomic E-state index is 12.6. The molecule has 1 aromatic heterocycles. The SMILES string of the molecule is CCn1c(O)c(C2=c3cc(Br)ccc3=NC2=O)c2cc([N+](=O)[O-])ccc21. The zero-order chi connectivity index (χ0) is 18.6. The largest absolute Gasteiger partial charge is 0.494 e. The molecule has 1 N–H and O–H groups in total. The lowest BCUT2D eigenvalue weighted by atomic mass is 10.0. The number of nitro groups is 1. The number of hydrogen-bond acceptors (Lipinski definition) is 4. The summed E-state index contributed by atoms with van der Waals surface area (Å²) in [4.78, 5) is 27.3. The first-order valence-electron chi connectivity index (χ1n) is 7.85. The number of nitro benzene ring substituents is 1.